The summed E-state index contributed by atoms with van der Waals surface area (Å²) in [5.41, 5.74) is 0. The summed E-state index contributed by atoms with van der Waals surface area (Å²) < 4.78 is 0. The van der Waals surface area contributed by atoms with E-state index >= 15 is 0 Å². The van der Waals surface area contributed by atoms with Crippen LogP contribution in [0.4, 0.5) is 0 Å². The van der Waals surface area contributed by atoms with Crippen LogP contribution in [-0.2, 0) is 9.59 Å². The Bertz CT molecular complexity index is 663. The average molecular weight is 555 g/mol. The van der Waals surface area contributed by atoms with Crippen molar-refractivity contribution in [2.24, 2.45) is 0 Å². The second kappa shape index (κ2) is 36.4. The first kappa shape index (κ1) is 39.5. The number of unbranched alkanes of at least 4 members (excludes halogenated alkanes) is 10. The van der Waals surface area contributed by atoms with Crippen molar-refractivity contribution in [2.75, 3.05) is 0 Å². The summed E-state index contributed by atoms with van der Waals surface area (Å²) in [5, 5.41) is 20.4. The molecule has 0 heterocycles. The van der Waals surface area contributed by atoms with E-state index in [2.05, 4.69) is 86.8 Å². The molecule has 4 nitrogen and oxygen atoms in total. The molecule has 0 aromatic heterocycles. The number of aliphatic carboxylic acids is 2. The van der Waals surface area contributed by atoms with Crippen molar-refractivity contribution in [3.63, 3.8) is 0 Å². The third kappa shape index (κ3) is 42.5. The van der Waals surface area contributed by atoms with Gasteiger partial charge < -0.3 is 19.8 Å². The van der Waals surface area contributed by atoms with Crippen LogP contribution >= 0.6 is 0 Å². The summed E-state index contributed by atoms with van der Waals surface area (Å²) in [6.07, 6.45) is 46.1. The lowest BCUT2D eigenvalue weighted by molar-refractivity contribution is -0.307. The maximum atomic E-state index is 10.2. The Morgan fingerprint density at radius 2 is 0.675 bits per heavy atom. The highest BCUT2D eigenvalue weighted by Gasteiger charge is 1.91. The number of allylic oxidation sites excluding steroid dienone is 12. The van der Waals surface area contributed by atoms with E-state index in [1.807, 2.05) is 0 Å². The Morgan fingerprint density at radius 1 is 0.400 bits per heavy atom. The van der Waals surface area contributed by atoms with Crippen LogP contribution in [0.15, 0.2) is 72.9 Å². The first-order valence-electron chi connectivity index (χ1n) is 15.8. The predicted molar refractivity (Wildman–Crippen MR) is 169 cm³/mol. The molecular weight excluding hydrogens is 496 g/mol. The first-order chi connectivity index (χ1) is 19.5. The average Bonchev–Trinajstić information content (AvgIpc) is 2.93. The van der Waals surface area contributed by atoms with Gasteiger partial charge in [0.15, 0.2) is 0 Å². The van der Waals surface area contributed by atoms with Gasteiger partial charge >= 0.3 is 0 Å². The van der Waals surface area contributed by atoms with Crippen molar-refractivity contribution in [1.29, 1.82) is 0 Å². The number of carboxylic acids is 2. The molecule has 0 fully saturated rings. The number of carboxylic acid groups (broad SMARTS) is 2. The van der Waals surface area contributed by atoms with Crippen LogP contribution in [0.2, 0.25) is 0 Å². The second-order valence-electron chi connectivity index (χ2n) is 9.94. The summed E-state index contributed by atoms with van der Waals surface area (Å²) in [4.78, 5) is 20.4. The molecule has 0 aliphatic rings. The number of carbonyl (C=O) groups is 2. The van der Waals surface area contributed by atoms with Gasteiger partial charge in [-0.05, 0) is 89.9 Å². The normalized spacial score (nSPS) is 12.1. The fourth-order valence-corrected chi connectivity index (χ4v) is 3.78. The van der Waals surface area contributed by atoms with Crippen LogP contribution in [0.25, 0.3) is 0 Å². The van der Waals surface area contributed by atoms with Crippen LogP contribution in [0.5, 0.6) is 0 Å². The zero-order chi connectivity index (χ0) is 29.8. The minimum absolute atomic E-state index is 0.208. The molecule has 228 valence electrons. The van der Waals surface area contributed by atoms with Crippen LogP contribution in [0.1, 0.15) is 142 Å². The molecule has 0 unspecified atom stereocenters. The highest BCUT2D eigenvalue weighted by Crippen LogP contribution is 2.08. The summed E-state index contributed by atoms with van der Waals surface area (Å²) in [6.45, 7) is 4.29. The predicted octanol–water partition coefficient (Wildman–Crippen LogP) is 8.65. The van der Waals surface area contributed by atoms with Crippen LogP contribution in [0, 0.1) is 0 Å². The molecule has 0 saturated carbocycles. The summed E-state index contributed by atoms with van der Waals surface area (Å²) in [7, 11) is 0. The molecule has 0 amide bonds. The Labute approximate surface area is 246 Å². The zero-order valence-corrected chi connectivity index (χ0v) is 25.7. The Kier molecular flexibility index (Phi) is 35.9. The van der Waals surface area contributed by atoms with E-state index in [0.29, 0.717) is 0 Å². The van der Waals surface area contributed by atoms with Gasteiger partial charge in [0.25, 0.3) is 0 Å². The molecule has 0 N–H and O–H groups in total. The zero-order valence-electron chi connectivity index (χ0n) is 25.7. The minimum atomic E-state index is -0.925. The molecular formula is C36H58O4-2. The molecule has 0 aliphatic carbocycles. The number of carbonyl (C=O) groups excluding carboxylic acids is 2. The van der Waals surface area contributed by atoms with Crippen molar-refractivity contribution < 1.29 is 19.8 Å². The van der Waals surface area contributed by atoms with E-state index in [0.717, 1.165) is 89.9 Å². The van der Waals surface area contributed by atoms with Crippen LogP contribution < -0.4 is 10.2 Å². The Morgan fingerprint density at radius 3 is 1.00 bits per heavy atom. The minimum Gasteiger partial charge on any atom is -0.550 e. The Balaban J connectivity index is 0. The lowest BCUT2D eigenvalue weighted by Crippen LogP contribution is -2.21. The number of hydrogen-bond acceptors (Lipinski definition) is 4. The van der Waals surface area contributed by atoms with Gasteiger partial charge in [-0.1, -0.05) is 125 Å². The molecule has 0 rings (SSSR count). The SMILES string of the molecule is CC/C=C\C/C=C\C/C=C\CCCCCCCC(=O)[O-].CC/C=C\C/C=C\C/C=C\CCCCCCCC(=O)[O-]. The standard InChI is InChI=1S/2C18H30O2/c2*1-2-3-4-5-6-7-8-9-10-11-12-13-14-15-16-17-18(19)20/h2*3-4,6-7,9-10H,2,5,8,11-17H2,1H3,(H,19,20)/p-2/b2*4-3-,7-6-,10-9-. The monoisotopic (exact) mass is 554 g/mol. The molecule has 40 heavy (non-hydrogen) atoms. The quantitative estimate of drug-likeness (QED) is 0.0791. The second-order valence-corrected chi connectivity index (χ2v) is 9.94. The van der Waals surface area contributed by atoms with E-state index in [1.165, 1.54) is 25.7 Å². The topological polar surface area (TPSA) is 80.3 Å². The van der Waals surface area contributed by atoms with E-state index < -0.39 is 11.9 Å². The van der Waals surface area contributed by atoms with Crippen molar-refractivity contribution in [3.8, 4) is 0 Å². The van der Waals surface area contributed by atoms with Crippen LogP contribution in [0.3, 0.4) is 0 Å². The fraction of sp³-hybridized carbons (Fsp3) is 0.611. The molecule has 0 radical (unpaired) electrons. The van der Waals surface area contributed by atoms with Crippen molar-refractivity contribution in [2.45, 2.75) is 142 Å². The fourth-order valence-electron chi connectivity index (χ4n) is 3.78. The van der Waals surface area contributed by atoms with Gasteiger partial charge in [-0.2, -0.15) is 0 Å². The molecule has 0 saturated heterocycles. The highest BCUT2D eigenvalue weighted by atomic mass is 16.4. The summed E-state index contributed by atoms with van der Waals surface area (Å²) in [5.74, 6) is -1.85. The van der Waals surface area contributed by atoms with Crippen molar-refractivity contribution in [1.82, 2.24) is 0 Å². The molecule has 0 spiro atoms. The van der Waals surface area contributed by atoms with Gasteiger partial charge in [-0.25, -0.2) is 0 Å². The first-order valence-corrected chi connectivity index (χ1v) is 15.8. The maximum absolute atomic E-state index is 10.2. The summed E-state index contributed by atoms with van der Waals surface area (Å²) >= 11 is 0. The van der Waals surface area contributed by atoms with Crippen LogP contribution in [-0.4, -0.2) is 11.9 Å². The smallest absolute Gasteiger partial charge is 0.0414 e. The van der Waals surface area contributed by atoms with Gasteiger partial charge in [0, 0.05) is 11.9 Å². The number of hydrogen-bond donors (Lipinski definition) is 0. The van der Waals surface area contributed by atoms with Crippen molar-refractivity contribution in [3.05, 3.63) is 72.9 Å². The number of rotatable bonds is 26. The molecule has 0 aromatic carbocycles. The van der Waals surface area contributed by atoms with E-state index in [1.54, 1.807) is 0 Å². The van der Waals surface area contributed by atoms with Gasteiger partial charge in [0.2, 0.25) is 0 Å². The van der Waals surface area contributed by atoms with E-state index in [4.69, 9.17) is 0 Å². The third-order valence-electron chi connectivity index (χ3n) is 6.06. The molecule has 0 bridgehead atoms. The Hall–Kier alpha value is -2.62. The van der Waals surface area contributed by atoms with E-state index in [9.17, 15) is 19.8 Å². The maximum Gasteiger partial charge on any atom is 0.0414 e. The summed E-state index contributed by atoms with van der Waals surface area (Å²) in [6, 6.07) is 0. The lowest BCUT2D eigenvalue weighted by atomic mass is 10.1. The largest absolute Gasteiger partial charge is 0.550 e. The third-order valence-corrected chi connectivity index (χ3v) is 6.06. The van der Waals surface area contributed by atoms with Crippen molar-refractivity contribution >= 4 is 11.9 Å². The lowest BCUT2D eigenvalue weighted by Gasteiger charge is -2.01. The van der Waals surface area contributed by atoms with Gasteiger partial charge in [0.1, 0.15) is 0 Å². The molecule has 4 heteroatoms. The molecule has 0 aromatic rings. The van der Waals surface area contributed by atoms with Gasteiger partial charge in [0.05, 0.1) is 0 Å². The molecule has 0 atom stereocenters. The van der Waals surface area contributed by atoms with Gasteiger partial charge in [-0.15, -0.1) is 0 Å². The van der Waals surface area contributed by atoms with Gasteiger partial charge in [-0.3, -0.25) is 0 Å². The highest BCUT2D eigenvalue weighted by molar-refractivity contribution is 5.64. The van der Waals surface area contributed by atoms with E-state index in [-0.39, 0.29) is 12.8 Å². The molecule has 0 aliphatic heterocycles.